The number of rotatable bonds is 7. The number of amides is 3. The summed E-state index contributed by atoms with van der Waals surface area (Å²) in [6.45, 7) is 10.1. The van der Waals surface area contributed by atoms with Gasteiger partial charge in [0.2, 0.25) is 17.7 Å². The number of benzene rings is 1. The Labute approximate surface area is 205 Å². The number of hydrogen-bond acceptors (Lipinski definition) is 6. The maximum atomic E-state index is 13.7. The van der Waals surface area contributed by atoms with Gasteiger partial charge < -0.3 is 25.4 Å². The molecule has 1 aromatic rings. The normalized spacial score (nSPS) is 32.0. The summed E-state index contributed by atoms with van der Waals surface area (Å²) in [4.78, 5) is 42.2. The van der Waals surface area contributed by atoms with Gasteiger partial charge in [0.25, 0.3) is 0 Å². The number of β-amino-alcohol motifs (C(OH)–C–C–N with tert-alkyl or cyclic N) is 1. The molecule has 3 fully saturated rings. The highest BCUT2D eigenvalue weighted by atomic mass is 32.2. The minimum absolute atomic E-state index is 0.0344. The van der Waals surface area contributed by atoms with Crippen molar-refractivity contribution in [1.82, 2.24) is 10.2 Å². The summed E-state index contributed by atoms with van der Waals surface area (Å²) in [5, 5.41) is 15.7. The molecule has 0 radical (unpaired) electrons. The number of ether oxygens (including phenoxy) is 1. The molecule has 34 heavy (non-hydrogen) atoms. The number of aliphatic hydroxyl groups excluding tert-OH is 1. The van der Waals surface area contributed by atoms with Crippen molar-refractivity contribution >= 4 is 35.2 Å². The minimum Gasteiger partial charge on any atom is -0.494 e. The highest BCUT2D eigenvalue weighted by Gasteiger charge is 2.75. The van der Waals surface area contributed by atoms with E-state index in [0.717, 1.165) is 12.2 Å². The van der Waals surface area contributed by atoms with Crippen LogP contribution in [0.5, 0.6) is 5.75 Å². The van der Waals surface area contributed by atoms with Gasteiger partial charge in [-0.25, -0.2) is 0 Å². The maximum Gasteiger partial charge on any atom is 0.244 e. The van der Waals surface area contributed by atoms with Crippen molar-refractivity contribution in [2.45, 2.75) is 62.6 Å². The summed E-state index contributed by atoms with van der Waals surface area (Å²) in [5.74, 6) is -0.951. The van der Waals surface area contributed by atoms with Crippen LogP contribution >= 0.6 is 11.8 Å². The topological polar surface area (TPSA) is 108 Å². The second-order valence-corrected chi connectivity index (χ2v) is 12.0. The van der Waals surface area contributed by atoms with Gasteiger partial charge in [-0.05, 0) is 64.3 Å². The van der Waals surface area contributed by atoms with E-state index in [1.54, 1.807) is 36.0 Å². The van der Waals surface area contributed by atoms with Crippen LogP contribution in [-0.4, -0.2) is 69.1 Å². The van der Waals surface area contributed by atoms with Crippen molar-refractivity contribution in [2.24, 2.45) is 17.8 Å². The number of nitrogens with zero attached hydrogens (tertiary/aromatic N) is 1. The lowest BCUT2D eigenvalue weighted by Gasteiger charge is -2.39. The van der Waals surface area contributed by atoms with E-state index in [-0.39, 0.29) is 42.0 Å². The lowest BCUT2D eigenvalue weighted by molar-refractivity contribution is -0.139. The van der Waals surface area contributed by atoms with E-state index < -0.39 is 28.2 Å². The minimum atomic E-state index is -0.718. The Balaban J connectivity index is 1.64. The Morgan fingerprint density at radius 1 is 1.24 bits per heavy atom. The number of fused-ring (bicyclic) bond motifs is 1. The molecule has 1 aromatic carbocycles. The van der Waals surface area contributed by atoms with Crippen molar-refractivity contribution in [3.8, 4) is 5.75 Å². The highest BCUT2D eigenvalue weighted by molar-refractivity contribution is 8.02. The Hall–Kier alpha value is -2.26. The zero-order chi connectivity index (χ0) is 24.8. The van der Waals surface area contributed by atoms with Crippen molar-refractivity contribution in [1.29, 1.82) is 0 Å². The van der Waals surface area contributed by atoms with Gasteiger partial charge in [0.05, 0.1) is 29.8 Å². The second-order valence-electron chi connectivity index (χ2n) is 10.5. The zero-order valence-corrected chi connectivity index (χ0v) is 21.3. The third-order valence-electron chi connectivity index (χ3n) is 7.07. The molecule has 186 valence electrons. The van der Waals surface area contributed by atoms with Crippen LogP contribution in [0.1, 0.15) is 41.0 Å². The first-order valence-corrected chi connectivity index (χ1v) is 12.9. The number of likely N-dealkylation sites (tertiary alicyclic amines) is 1. The largest absolute Gasteiger partial charge is 0.494 e. The number of aliphatic hydroxyl groups is 1. The highest BCUT2D eigenvalue weighted by Crippen LogP contribution is 2.68. The fourth-order valence-corrected chi connectivity index (χ4v) is 8.35. The van der Waals surface area contributed by atoms with Gasteiger partial charge in [-0.15, -0.1) is 11.8 Å². The number of anilines is 1. The van der Waals surface area contributed by atoms with Crippen LogP contribution < -0.4 is 15.4 Å². The van der Waals surface area contributed by atoms with E-state index in [4.69, 9.17) is 4.74 Å². The van der Waals surface area contributed by atoms with Crippen molar-refractivity contribution in [3.05, 3.63) is 24.3 Å². The molecule has 8 nitrogen and oxygen atoms in total. The molecule has 0 aliphatic carbocycles. The van der Waals surface area contributed by atoms with Gasteiger partial charge in [0.15, 0.2) is 0 Å². The number of nitrogens with one attached hydrogen (secondary N) is 2. The van der Waals surface area contributed by atoms with Crippen LogP contribution in [0.15, 0.2) is 24.3 Å². The quantitative estimate of drug-likeness (QED) is 0.542. The molecule has 2 bridgehead atoms. The molecule has 4 rings (SSSR count). The summed E-state index contributed by atoms with van der Waals surface area (Å²) in [6, 6.07) is 6.46. The molecule has 0 saturated carbocycles. The summed E-state index contributed by atoms with van der Waals surface area (Å²) in [7, 11) is 0. The number of carbonyl (C=O) groups is 3. The van der Waals surface area contributed by atoms with Gasteiger partial charge in [-0.1, -0.05) is 6.92 Å². The number of carbonyl (C=O) groups excluding carboxylic acids is 3. The van der Waals surface area contributed by atoms with Gasteiger partial charge in [0, 0.05) is 23.0 Å². The molecular formula is C25H35N3O5S. The van der Waals surface area contributed by atoms with Crippen LogP contribution in [0.2, 0.25) is 0 Å². The first kappa shape index (κ1) is 24.9. The van der Waals surface area contributed by atoms with Crippen LogP contribution in [0.25, 0.3) is 0 Å². The molecule has 6 atom stereocenters. The zero-order valence-electron chi connectivity index (χ0n) is 20.5. The maximum absolute atomic E-state index is 13.7. The molecule has 3 amide bonds. The first-order chi connectivity index (χ1) is 16.0. The third-order valence-corrected chi connectivity index (χ3v) is 9.14. The lowest BCUT2D eigenvalue weighted by atomic mass is 9.65. The van der Waals surface area contributed by atoms with E-state index in [1.807, 2.05) is 27.7 Å². The van der Waals surface area contributed by atoms with Gasteiger partial charge >= 0.3 is 0 Å². The van der Waals surface area contributed by atoms with Crippen molar-refractivity contribution in [2.75, 3.05) is 25.1 Å². The monoisotopic (exact) mass is 489 g/mol. The molecule has 3 heterocycles. The van der Waals surface area contributed by atoms with Crippen LogP contribution in [0, 0.1) is 17.8 Å². The van der Waals surface area contributed by atoms with Crippen molar-refractivity contribution < 1.29 is 24.2 Å². The third kappa shape index (κ3) is 4.06. The molecular weight excluding hydrogens is 454 g/mol. The summed E-state index contributed by atoms with van der Waals surface area (Å²) in [6.07, 6.45) is 0.766. The molecule has 3 unspecified atom stereocenters. The molecule has 0 aromatic heterocycles. The second kappa shape index (κ2) is 9.07. The molecule has 3 aliphatic heterocycles. The molecule has 3 N–H and O–H groups in total. The Morgan fingerprint density at radius 2 is 1.91 bits per heavy atom. The average Bonchev–Trinajstić information content (AvgIpc) is 3.33. The van der Waals surface area contributed by atoms with Gasteiger partial charge in [-0.3, -0.25) is 14.4 Å². The molecule has 9 heteroatoms. The molecule has 3 aliphatic rings. The summed E-state index contributed by atoms with van der Waals surface area (Å²) >= 11 is 1.62. The summed E-state index contributed by atoms with van der Waals surface area (Å²) in [5.41, 5.74) is 0.178. The fourth-order valence-electron chi connectivity index (χ4n) is 5.93. The Bertz CT molecular complexity index is 962. The number of thioether (sulfide) groups is 1. The van der Waals surface area contributed by atoms with Crippen LogP contribution in [0.3, 0.4) is 0 Å². The molecule has 1 spiro atoms. The average molecular weight is 490 g/mol. The van der Waals surface area contributed by atoms with Crippen molar-refractivity contribution in [3.63, 3.8) is 0 Å². The predicted molar refractivity (Wildman–Crippen MR) is 132 cm³/mol. The SMILES string of the molecule is CCOc1ccc(NC(=O)[C@@H]2[C@H]3C(=O)N(CCO)C(C(=O)NC(C)(C)C)C34S[C@@H]2CC4C)cc1. The van der Waals surface area contributed by atoms with E-state index in [0.29, 0.717) is 12.3 Å². The Kier molecular flexibility index (Phi) is 6.63. The van der Waals surface area contributed by atoms with Crippen LogP contribution in [-0.2, 0) is 14.4 Å². The van der Waals surface area contributed by atoms with Gasteiger partial charge in [-0.2, -0.15) is 0 Å². The first-order valence-electron chi connectivity index (χ1n) is 12.0. The lowest BCUT2D eigenvalue weighted by Crippen LogP contribution is -2.59. The van der Waals surface area contributed by atoms with E-state index in [2.05, 4.69) is 17.6 Å². The van der Waals surface area contributed by atoms with E-state index in [1.165, 1.54) is 4.90 Å². The fraction of sp³-hybridized carbons (Fsp3) is 0.640. The van der Waals surface area contributed by atoms with Crippen LogP contribution in [0.4, 0.5) is 5.69 Å². The Morgan fingerprint density at radius 3 is 2.50 bits per heavy atom. The smallest absolute Gasteiger partial charge is 0.244 e. The summed E-state index contributed by atoms with van der Waals surface area (Å²) < 4.78 is 4.78. The van der Waals surface area contributed by atoms with E-state index >= 15 is 0 Å². The predicted octanol–water partition coefficient (Wildman–Crippen LogP) is 2.27. The molecule has 3 saturated heterocycles. The standard InChI is InChI=1S/C25H35N3O5S/c1-6-33-16-9-7-15(8-10-16)26-21(30)18-17-13-14(2)25(34-17)19(18)23(32)28(11-12-29)20(25)22(31)27-24(3,4)5/h7-10,14,17-20,29H,6,11-13H2,1-5H3,(H,26,30)(H,27,31)/t14?,17-,18+,19+,20?,25?/m1/s1. The van der Waals surface area contributed by atoms with Gasteiger partial charge in [0.1, 0.15) is 11.8 Å². The number of hydrogen-bond donors (Lipinski definition) is 3. The van der Waals surface area contributed by atoms with E-state index in [9.17, 15) is 19.5 Å².